The lowest BCUT2D eigenvalue weighted by molar-refractivity contribution is -0.120. The van der Waals surface area contributed by atoms with E-state index in [2.05, 4.69) is 28.4 Å². The van der Waals surface area contributed by atoms with E-state index in [4.69, 9.17) is 19.2 Å². The van der Waals surface area contributed by atoms with E-state index in [1.807, 2.05) is 20.1 Å². The summed E-state index contributed by atoms with van der Waals surface area (Å²) in [5.74, 6) is 0.651. The zero-order valence-corrected chi connectivity index (χ0v) is 20.5. The number of hydrogen-bond acceptors (Lipinski definition) is 9. The number of ether oxygens (including phenoxy) is 3. The Morgan fingerprint density at radius 2 is 1.97 bits per heavy atom. The van der Waals surface area contributed by atoms with Crippen LogP contribution in [0.3, 0.4) is 0 Å². The molecule has 0 aromatic carbocycles. The van der Waals surface area contributed by atoms with Gasteiger partial charge in [0.1, 0.15) is 4.83 Å². The Morgan fingerprint density at radius 1 is 1.20 bits per heavy atom. The molecule has 0 spiro atoms. The largest absolute Gasteiger partial charge is 0.369 e. The van der Waals surface area contributed by atoms with Gasteiger partial charge in [-0.1, -0.05) is 30.4 Å². The maximum Gasteiger partial charge on any atom is 0.197 e. The molecule has 4 heterocycles. The summed E-state index contributed by atoms with van der Waals surface area (Å²) in [4.78, 5) is 7.24. The van der Waals surface area contributed by atoms with Gasteiger partial charge in [-0.15, -0.1) is 21.5 Å². The Balaban J connectivity index is 1.76. The van der Waals surface area contributed by atoms with Crippen LogP contribution in [0.2, 0.25) is 0 Å². The van der Waals surface area contributed by atoms with Gasteiger partial charge in [0.15, 0.2) is 22.3 Å². The minimum Gasteiger partial charge on any atom is -0.369 e. The van der Waals surface area contributed by atoms with E-state index >= 15 is 0 Å². The number of rotatable bonds is 9. The van der Waals surface area contributed by atoms with Gasteiger partial charge in [-0.2, -0.15) is 0 Å². The smallest absolute Gasteiger partial charge is 0.197 e. The molecule has 164 valence electrons. The monoisotopic (exact) mass is 468 g/mol. The van der Waals surface area contributed by atoms with Crippen molar-refractivity contribution >= 4 is 50.7 Å². The predicted octanol–water partition coefficient (Wildman–Crippen LogP) is 4.79. The maximum absolute atomic E-state index is 6.16. The van der Waals surface area contributed by atoms with Gasteiger partial charge >= 0.3 is 0 Å². The average molecular weight is 469 g/mol. The molecule has 0 fully saturated rings. The first-order chi connectivity index (χ1) is 14.5. The van der Waals surface area contributed by atoms with E-state index in [1.54, 1.807) is 34.9 Å². The van der Waals surface area contributed by atoms with Crippen molar-refractivity contribution in [3.8, 4) is 0 Å². The first-order valence-corrected chi connectivity index (χ1v) is 13.3. The molecule has 7 nitrogen and oxygen atoms in total. The summed E-state index contributed by atoms with van der Waals surface area (Å²) in [5.41, 5.74) is 2.06. The van der Waals surface area contributed by atoms with Crippen LogP contribution in [0.1, 0.15) is 44.6 Å². The Hall–Kier alpha value is -0.910. The number of nitrogens with zero attached hydrogens (tertiary/aromatic N) is 4. The lowest BCUT2D eigenvalue weighted by Crippen LogP contribution is -2.33. The van der Waals surface area contributed by atoms with Crippen molar-refractivity contribution in [1.82, 2.24) is 19.6 Å². The fourth-order valence-electron chi connectivity index (χ4n) is 3.63. The van der Waals surface area contributed by atoms with Crippen LogP contribution in [0, 0.1) is 0 Å². The standard InChI is InChI=1S/C20H28N4O3S3/c1-6-20(4)9-12-13(10-27-20)30-17-15(12)16-22-23-19(24(16)18(21-17)28-5)29-11-14(25-7-2)26-8-3/h14H,6-11H2,1-5H3/t20-/m1/s1. The molecule has 1 aliphatic heterocycles. The normalized spacial score (nSPS) is 19.3. The maximum atomic E-state index is 6.16. The molecule has 10 heteroatoms. The summed E-state index contributed by atoms with van der Waals surface area (Å²) in [7, 11) is 0. The molecular weight excluding hydrogens is 440 g/mol. The van der Waals surface area contributed by atoms with Crippen molar-refractivity contribution in [2.45, 2.75) is 69.3 Å². The molecule has 0 radical (unpaired) electrons. The number of thiophene rings is 1. The molecule has 0 unspecified atom stereocenters. The second kappa shape index (κ2) is 9.30. The number of hydrogen-bond donors (Lipinski definition) is 0. The van der Waals surface area contributed by atoms with Crippen molar-refractivity contribution in [3.05, 3.63) is 10.4 Å². The van der Waals surface area contributed by atoms with Crippen molar-refractivity contribution in [3.63, 3.8) is 0 Å². The van der Waals surface area contributed by atoms with Gasteiger partial charge in [0, 0.05) is 24.5 Å². The van der Waals surface area contributed by atoms with Gasteiger partial charge in [0.25, 0.3) is 0 Å². The van der Waals surface area contributed by atoms with Crippen molar-refractivity contribution in [2.24, 2.45) is 0 Å². The highest BCUT2D eigenvalue weighted by molar-refractivity contribution is 7.99. The van der Waals surface area contributed by atoms with Crippen LogP contribution < -0.4 is 0 Å². The van der Waals surface area contributed by atoms with Gasteiger partial charge in [-0.05, 0) is 39.0 Å². The lowest BCUT2D eigenvalue weighted by Gasteiger charge is -2.33. The molecule has 1 aliphatic rings. The summed E-state index contributed by atoms with van der Waals surface area (Å²) in [5, 5.41) is 12.0. The van der Waals surface area contributed by atoms with E-state index in [-0.39, 0.29) is 11.9 Å². The number of thioether (sulfide) groups is 2. The number of aromatic nitrogens is 4. The minimum absolute atomic E-state index is 0.143. The fourth-order valence-corrected chi connectivity index (χ4v) is 6.26. The molecule has 4 rings (SSSR count). The molecule has 0 aliphatic carbocycles. The van der Waals surface area contributed by atoms with Gasteiger partial charge < -0.3 is 14.2 Å². The molecule has 0 N–H and O–H groups in total. The van der Waals surface area contributed by atoms with Crippen LogP contribution in [0.4, 0.5) is 0 Å². The second-order valence-corrected chi connectivity index (χ2v) is 10.2. The first-order valence-electron chi connectivity index (χ1n) is 10.3. The molecule has 0 saturated carbocycles. The fraction of sp³-hybridized carbons (Fsp3) is 0.650. The van der Waals surface area contributed by atoms with Crippen molar-refractivity contribution < 1.29 is 14.2 Å². The van der Waals surface area contributed by atoms with Crippen LogP contribution in [-0.2, 0) is 27.2 Å². The molecule has 1 atom stereocenters. The number of fused-ring (bicyclic) bond motifs is 5. The quantitative estimate of drug-likeness (QED) is 0.252. The van der Waals surface area contributed by atoms with Gasteiger partial charge in [-0.3, -0.25) is 0 Å². The third-order valence-corrected chi connectivity index (χ3v) is 8.10. The summed E-state index contributed by atoms with van der Waals surface area (Å²) >= 11 is 4.92. The Bertz CT molecular complexity index is 1030. The second-order valence-electron chi connectivity index (χ2n) is 7.34. The van der Waals surface area contributed by atoms with Crippen LogP contribution in [0.5, 0.6) is 0 Å². The zero-order valence-electron chi connectivity index (χ0n) is 18.1. The Labute approximate surface area is 189 Å². The highest BCUT2D eigenvalue weighted by Gasteiger charge is 2.33. The Kier molecular flexibility index (Phi) is 6.91. The van der Waals surface area contributed by atoms with Gasteiger partial charge in [0.05, 0.1) is 23.3 Å². The average Bonchev–Trinajstić information content (AvgIpc) is 3.32. The molecule has 3 aromatic heterocycles. The molecule has 0 saturated heterocycles. The molecule has 30 heavy (non-hydrogen) atoms. The lowest BCUT2D eigenvalue weighted by atomic mass is 9.90. The van der Waals surface area contributed by atoms with Gasteiger partial charge in [-0.25, -0.2) is 9.38 Å². The predicted molar refractivity (Wildman–Crippen MR) is 123 cm³/mol. The van der Waals surface area contributed by atoms with Crippen LogP contribution in [0.15, 0.2) is 10.3 Å². The van der Waals surface area contributed by atoms with E-state index in [1.165, 1.54) is 10.4 Å². The van der Waals surface area contributed by atoms with E-state index in [0.717, 1.165) is 39.0 Å². The summed E-state index contributed by atoms with van der Waals surface area (Å²) in [6.07, 6.45) is 3.63. The van der Waals surface area contributed by atoms with E-state index < -0.39 is 0 Å². The third kappa shape index (κ3) is 4.10. The summed E-state index contributed by atoms with van der Waals surface area (Å²) < 4.78 is 19.6. The van der Waals surface area contributed by atoms with Crippen molar-refractivity contribution in [2.75, 3.05) is 25.2 Å². The molecule has 0 amide bonds. The van der Waals surface area contributed by atoms with E-state index in [9.17, 15) is 0 Å². The summed E-state index contributed by atoms with van der Waals surface area (Å²) in [6.45, 7) is 10.2. The molecule has 0 bridgehead atoms. The molecular formula is C20H28N4O3S3. The Morgan fingerprint density at radius 3 is 2.63 bits per heavy atom. The molecule has 3 aromatic rings. The highest BCUT2D eigenvalue weighted by Crippen LogP contribution is 2.42. The van der Waals surface area contributed by atoms with Crippen molar-refractivity contribution in [1.29, 1.82) is 0 Å². The third-order valence-electron chi connectivity index (χ3n) is 5.40. The van der Waals surface area contributed by atoms with Crippen LogP contribution in [-0.4, -0.2) is 56.7 Å². The topological polar surface area (TPSA) is 70.8 Å². The van der Waals surface area contributed by atoms with Crippen LogP contribution in [0.25, 0.3) is 15.9 Å². The van der Waals surface area contributed by atoms with E-state index in [0.29, 0.717) is 25.6 Å². The highest BCUT2D eigenvalue weighted by atomic mass is 32.2. The SMILES string of the molecule is CCOC(CSc1nnc2c3c4c(sc3nc(SC)n12)CO[C@](C)(CC)C4)OCC. The minimum atomic E-state index is -0.261. The summed E-state index contributed by atoms with van der Waals surface area (Å²) in [6, 6.07) is 0. The van der Waals surface area contributed by atoms with Crippen LogP contribution >= 0.6 is 34.9 Å². The zero-order chi connectivity index (χ0) is 21.3. The first kappa shape index (κ1) is 22.3. The van der Waals surface area contributed by atoms with Gasteiger partial charge in [0.2, 0.25) is 0 Å².